The van der Waals surface area contributed by atoms with Gasteiger partial charge < -0.3 is 0 Å². The van der Waals surface area contributed by atoms with E-state index in [0.717, 1.165) is 5.69 Å². The first-order chi connectivity index (χ1) is 4.88. The predicted molar refractivity (Wildman–Crippen MR) is 48.8 cm³/mol. The molecule has 2 nitrogen and oxygen atoms in total. The van der Waals surface area contributed by atoms with E-state index in [1.165, 1.54) is 0 Å². The Hall–Kier alpha value is -0.590. The van der Waals surface area contributed by atoms with Crippen molar-refractivity contribution >= 4 is 28.3 Å². The monoisotopic (exact) mass is 232 g/mol. The molecule has 1 rings (SSSR count). The van der Waals surface area contributed by atoms with Crippen LogP contribution in [0.2, 0.25) is 0 Å². The number of hydrogen-bond donors (Lipinski definition) is 0. The van der Waals surface area contributed by atoms with Gasteiger partial charge in [0, 0.05) is 11.5 Å². The van der Waals surface area contributed by atoms with Crippen LogP contribution in [0.5, 0.6) is 0 Å². The summed E-state index contributed by atoms with van der Waals surface area (Å²) < 4.78 is 0. The quantitative estimate of drug-likeness (QED) is 0.698. The van der Waals surface area contributed by atoms with E-state index in [2.05, 4.69) is 27.0 Å². The van der Waals surface area contributed by atoms with Crippen molar-refractivity contribution in [3.05, 3.63) is 29.6 Å². The van der Waals surface area contributed by atoms with Crippen LogP contribution in [-0.2, 0) is 5.33 Å². The van der Waals surface area contributed by atoms with Crippen LogP contribution < -0.4 is 0 Å². The van der Waals surface area contributed by atoms with Gasteiger partial charge in [-0.3, -0.25) is 4.98 Å². The molecule has 0 spiro atoms. The fourth-order valence-electron chi connectivity index (χ4n) is 0.646. The molecule has 4 heteroatoms. The van der Waals surface area contributed by atoms with E-state index in [9.17, 15) is 0 Å². The van der Waals surface area contributed by atoms with Crippen molar-refractivity contribution in [3.63, 3.8) is 0 Å². The van der Waals surface area contributed by atoms with Crippen molar-refractivity contribution in [2.24, 2.45) is 0 Å². The van der Waals surface area contributed by atoms with Crippen molar-refractivity contribution in [3.8, 4) is 6.07 Å². The van der Waals surface area contributed by atoms with E-state index in [0.29, 0.717) is 10.9 Å². The van der Waals surface area contributed by atoms with Gasteiger partial charge in [0.1, 0.15) is 6.07 Å². The summed E-state index contributed by atoms with van der Waals surface area (Å²) in [6, 6.07) is 5.56. The highest BCUT2D eigenvalue weighted by molar-refractivity contribution is 9.08. The summed E-state index contributed by atoms with van der Waals surface area (Å²) in [5, 5.41) is 9.17. The third-order valence-corrected chi connectivity index (χ3v) is 1.67. The lowest BCUT2D eigenvalue weighted by Crippen LogP contribution is -1.88. The molecule has 0 saturated heterocycles. The van der Waals surface area contributed by atoms with E-state index in [-0.39, 0.29) is 12.4 Å². The molecule has 11 heavy (non-hydrogen) atoms. The third-order valence-electron chi connectivity index (χ3n) is 1.14. The average Bonchev–Trinajstić information content (AvgIpc) is 2.04. The number of halogens is 2. The van der Waals surface area contributed by atoms with Crippen LogP contribution in [0.4, 0.5) is 0 Å². The molecule has 0 N–H and O–H groups in total. The molecule has 0 atom stereocenters. The predicted octanol–water partition coefficient (Wildman–Crippen LogP) is 2.27. The maximum Gasteiger partial charge on any atom is 0.101 e. The zero-order chi connectivity index (χ0) is 7.40. The van der Waals surface area contributed by atoms with Crippen molar-refractivity contribution in [1.82, 2.24) is 4.98 Å². The second-order valence-electron chi connectivity index (χ2n) is 1.74. The van der Waals surface area contributed by atoms with Crippen LogP contribution in [0.1, 0.15) is 11.3 Å². The molecular formula is C7H6BrClN2. The van der Waals surface area contributed by atoms with Crippen LogP contribution in [-0.4, -0.2) is 4.98 Å². The summed E-state index contributed by atoms with van der Waals surface area (Å²) in [7, 11) is 0. The molecule has 0 aliphatic rings. The minimum Gasteiger partial charge on any atom is -0.259 e. The van der Waals surface area contributed by atoms with Crippen molar-refractivity contribution < 1.29 is 0 Å². The molecule has 0 aliphatic carbocycles. The Morgan fingerprint density at radius 3 is 2.82 bits per heavy atom. The molecule has 0 amide bonds. The number of rotatable bonds is 1. The summed E-state index contributed by atoms with van der Waals surface area (Å²) in [5.74, 6) is 0. The molecule has 1 aromatic heterocycles. The Balaban J connectivity index is 0.000001000. The fourth-order valence-corrected chi connectivity index (χ4v) is 1.09. The van der Waals surface area contributed by atoms with E-state index in [1.807, 2.05) is 0 Å². The second kappa shape index (κ2) is 5.11. The molecule has 0 fully saturated rings. The van der Waals surface area contributed by atoms with Crippen LogP contribution in [0.15, 0.2) is 18.3 Å². The van der Waals surface area contributed by atoms with E-state index >= 15 is 0 Å². The van der Waals surface area contributed by atoms with Crippen LogP contribution >= 0.6 is 28.3 Å². The highest BCUT2D eigenvalue weighted by Crippen LogP contribution is 2.06. The molecule has 0 radical (unpaired) electrons. The first kappa shape index (κ1) is 10.4. The van der Waals surface area contributed by atoms with E-state index in [1.54, 1.807) is 18.3 Å². The molecule has 1 aromatic rings. The summed E-state index contributed by atoms with van der Waals surface area (Å²) >= 11 is 3.24. The zero-order valence-corrected chi connectivity index (χ0v) is 8.02. The van der Waals surface area contributed by atoms with Crippen molar-refractivity contribution in [2.45, 2.75) is 5.33 Å². The van der Waals surface area contributed by atoms with Gasteiger partial charge in [0.05, 0.1) is 11.3 Å². The summed E-state index contributed by atoms with van der Waals surface area (Å²) in [5.41, 5.74) is 1.43. The van der Waals surface area contributed by atoms with Crippen LogP contribution in [0.25, 0.3) is 0 Å². The van der Waals surface area contributed by atoms with Gasteiger partial charge in [0.25, 0.3) is 0 Å². The highest BCUT2D eigenvalue weighted by atomic mass is 79.9. The summed E-state index contributed by atoms with van der Waals surface area (Å²) in [6.45, 7) is 0. The molecule has 58 valence electrons. The topological polar surface area (TPSA) is 36.7 Å². The molecule has 1 heterocycles. The number of nitriles is 1. The number of pyridine rings is 1. The molecule has 0 saturated carbocycles. The average molecular weight is 233 g/mol. The number of nitrogens with zero attached hydrogens (tertiary/aromatic N) is 2. The first-order valence-electron chi connectivity index (χ1n) is 2.78. The Kier molecular flexibility index (Phi) is 4.84. The van der Waals surface area contributed by atoms with Crippen LogP contribution in [0.3, 0.4) is 0 Å². The number of hydrogen-bond acceptors (Lipinski definition) is 2. The lowest BCUT2D eigenvalue weighted by molar-refractivity contribution is 1.16. The van der Waals surface area contributed by atoms with Gasteiger partial charge >= 0.3 is 0 Å². The lowest BCUT2D eigenvalue weighted by Gasteiger charge is -1.93. The van der Waals surface area contributed by atoms with Crippen molar-refractivity contribution in [1.29, 1.82) is 5.26 Å². The SMILES string of the molecule is Cl.N#Cc1cccnc1CBr. The first-order valence-corrected chi connectivity index (χ1v) is 3.90. The maximum atomic E-state index is 8.54. The molecule has 0 aromatic carbocycles. The summed E-state index contributed by atoms with van der Waals surface area (Å²) in [6.07, 6.45) is 1.68. The third kappa shape index (κ3) is 2.49. The largest absolute Gasteiger partial charge is 0.259 e. The van der Waals surface area contributed by atoms with Gasteiger partial charge in [-0.1, -0.05) is 15.9 Å². The van der Waals surface area contributed by atoms with Crippen molar-refractivity contribution in [2.75, 3.05) is 0 Å². The normalized spacial score (nSPS) is 8.00. The molecular weight excluding hydrogens is 227 g/mol. The van der Waals surface area contributed by atoms with Gasteiger partial charge in [-0.15, -0.1) is 12.4 Å². The van der Waals surface area contributed by atoms with Gasteiger partial charge in [-0.25, -0.2) is 0 Å². The van der Waals surface area contributed by atoms with Gasteiger partial charge in [-0.2, -0.15) is 5.26 Å². The highest BCUT2D eigenvalue weighted by Gasteiger charge is 1.97. The second-order valence-corrected chi connectivity index (χ2v) is 2.30. The van der Waals surface area contributed by atoms with Gasteiger partial charge in [-0.05, 0) is 12.1 Å². The Morgan fingerprint density at radius 2 is 2.36 bits per heavy atom. The standard InChI is InChI=1S/C7H5BrN2.ClH/c8-4-7-6(5-9)2-1-3-10-7;/h1-3H,4H2;1H. The minimum absolute atomic E-state index is 0. The van der Waals surface area contributed by atoms with Crippen LogP contribution in [0, 0.1) is 11.3 Å². The number of aromatic nitrogens is 1. The van der Waals surface area contributed by atoms with E-state index in [4.69, 9.17) is 5.26 Å². The fraction of sp³-hybridized carbons (Fsp3) is 0.143. The lowest BCUT2D eigenvalue weighted by atomic mass is 10.2. The maximum absolute atomic E-state index is 8.54. The Labute approximate surface area is 79.8 Å². The molecule has 0 aliphatic heterocycles. The Morgan fingerprint density at radius 1 is 1.64 bits per heavy atom. The van der Waals surface area contributed by atoms with Gasteiger partial charge in [0.2, 0.25) is 0 Å². The zero-order valence-electron chi connectivity index (χ0n) is 5.62. The number of alkyl halides is 1. The Bertz CT molecular complexity index is 269. The molecule has 0 unspecified atom stereocenters. The summed E-state index contributed by atoms with van der Waals surface area (Å²) in [4.78, 5) is 4.00. The van der Waals surface area contributed by atoms with E-state index < -0.39 is 0 Å². The molecule has 0 bridgehead atoms. The van der Waals surface area contributed by atoms with Gasteiger partial charge in [0.15, 0.2) is 0 Å². The smallest absolute Gasteiger partial charge is 0.101 e. The minimum atomic E-state index is 0.